The molecular weight excluding hydrogens is 174 g/mol. The lowest BCUT2D eigenvalue weighted by Crippen LogP contribution is -2.32. The first-order chi connectivity index (χ1) is 6.72. The summed E-state index contributed by atoms with van der Waals surface area (Å²) in [4.78, 5) is 0. The van der Waals surface area contributed by atoms with Gasteiger partial charge < -0.3 is 9.73 Å². The Morgan fingerprint density at radius 1 is 1.57 bits per heavy atom. The quantitative estimate of drug-likeness (QED) is 0.678. The highest BCUT2D eigenvalue weighted by atomic mass is 16.3. The van der Waals surface area contributed by atoms with Crippen LogP contribution in [-0.2, 0) is 11.8 Å². The summed E-state index contributed by atoms with van der Waals surface area (Å²) in [5.41, 5.74) is 1.78. The smallest absolute Gasteiger partial charge is 0.115 e. The Kier molecular flexibility index (Phi) is 1.61. The summed E-state index contributed by atoms with van der Waals surface area (Å²) in [6.07, 6.45) is 2.45. The molecule has 0 amide bonds. The first-order valence-corrected chi connectivity index (χ1v) is 5.53. The largest absolute Gasteiger partial charge is 0.465 e. The van der Waals surface area contributed by atoms with Crippen molar-refractivity contribution >= 4 is 0 Å². The molecule has 2 unspecified atom stereocenters. The summed E-state index contributed by atoms with van der Waals surface area (Å²) in [7, 11) is 0. The molecule has 14 heavy (non-hydrogen) atoms. The average Bonchev–Trinajstić information content (AvgIpc) is 2.76. The van der Waals surface area contributed by atoms with Crippen molar-refractivity contribution in [3.63, 3.8) is 0 Å². The van der Waals surface area contributed by atoms with Crippen LogP contribution in [0.25, 0.3) is 0 Å². The van der Waals surface area contributed by atoms with E-state index in [4.69, 9.17) is 4.42 Å². The maximum atomic E-state index is 5.89. The highest BCUT2D eigenvalue weighted by Crippen LogP contribution is 2.48. The first-order valence-electron chi connectivity index (χ1n) is 5.53. The Bertz CT molecular complexity index is 360. The molecule has 2 atom stereocenters. The molecule has 2 heteroatoms. The Labute approximate surface area is 84.7 Å². The van der Waals surface area contributed by atoms with Crippen molar-refractivity contribution in [1.82, 2.24) is 5.32 Å². The third-order valence-electron chi connectivity index (χ3n) is 4.04. The lowest BCUT2D eigenvalue weighted by atomic mass is 9.78. The molecule has 1 fully saturated rings. The molecule has 1 N–H and O–H groups in total. The zero-order chi connectivity index (χ0) is 9.76. The van der Waals surface area contributed by atoms with Gasteiger partial charge >= 0.3 is 0 Å². The molecule has 0 radical (unpaired) electrons. The highest BCUT2D eigenvalue weighted by molar-refractivity contribution is 5.37. The van der Waals surface area contributed by atoms with Gasteiger partial charge in [-0.2, -0.15) is 0 Å². The normalized spacial score (nSPS) is 35.4. The minimum atomic E-state index is 0.323. The van der Waals surface area contributed by atoms with E-state index < -0.39 is 0 Å². The maximum Gasteiger partial charge on any atom is 0.115 e. The first kappa shape index (κ1) is 8.54. The van der Waals surface area contributed by atoms with Crippen LogP contribution >= 0.6 is 0 Å². The Morgan fingerprint density at radius 2 is 2.43 bits per heavy atom. The number of nitrogens with one attached hydrogen (secondary N) is 1. The van der Waals surface area contributed by atoms with Gasteiger partial charge in [0, 0.05) is 12.0 Å². The molecule has 0 bridgehead atoms. The van der Waals surface area contributed by atoms with Gasteiger partial charge in [0.05, 0.1) is 0 Å². The zero-order valence-electron chi connectivity index (χ0n) is 8.89. The zero-order valence-corrected chi connectivity index (χ0v) is 8.89. The van der Waals surface area contributed by atoms with Gasteiger partial charge in [-0.1, -0.05) is 6.92 Å². The molecule has 1 aromatic heterocycles. The third kappa shape index (κ3) is 0.897. The van der Waals surface area contributed by atoms with Gasteiger partial charge in [-0.15, -0.1) is 0 Å². The topological polar surface area (TPSA) is 25.2 Å². The standard InChI is InChI=1S/C12H17NO/c1-8-5-10-6-9(2)14-11(10)12(8)3-4-13-7-12/h6,8,13H,3-5,7H2,1-2H3. The molecule has 0 aromatic carbocycles. The van der Waals surface area contributed by atoms with E-state index >= 15 is 0 Å². The number of rotatable bonds is 0. The average molecular weight is 191 g/mol. The van der Waals surface area contributed by atoms with Gasteiger partial charge in [0.15, 0.2) is 0 Å². The van der Waals surface area contributed by atoms with Crippen molar-refractivity contribution in [1.29, 1.82) is 0 Å². The molecule has 76 valence electrons. The number of hydrogen-bond acceptors (Lipinski definition) is 2. The number of fused-ring (bicyclic) bond motifs is 2. The van der Waals surface area contributed by atoms with Gasteiger partial charge in [0.1, 0.15) is 11.5 Å². The van der Waals surface area contributed by atoms with Crippen molar-refractivity contribution in [3.05, 3.63) is 23.2 Å². The third-order valence-corrected chi connectivity index (χ3v) is 4.04. The molecule has 2 nitrogen and oxygen atoms in total. The van der Waals surface area contributed by atoms with Gasteiger partial charge in [0.25, 0.3) is 0 Å². The van der Waals surface area contributed by atoms with E-state index in [0.717, 1.165) is 24.8 Å². The second kappa shape index (κ2) is 2.63. The van der Waals surface area contributed by atoms with Crippen LogP contribution in [0, 0.1) is 12.8 Å². The van der Waals surface area contributed by atoms with Gasteiger partial charge in [-0.3, -0.25) is 0 Å². The molecule has 1 spiro atoms. The van der Waals surface area contributed by atoms with Gasteiger partial charge in [-0.25, -0.2) is 0 Å². The fraction of sp³-hybridized carbons (Fsp3) is 0.667. The summed E-state index contributed by atoms with van der Waals surface area (Å²) in [6, 6.07) is 2.22. The molecule has 2 heterocycles. The van der Waals surface area contributed by atoms with Crippen molar-refractivity contribution in [3.8, 4) is 0 Å². The van der Waals surface area contributed by atoms with Gasteiger partial charge in [-0.05, 0) is 43.9 Å². The predicted molar refractivity (Wildman–Crippen MR) is 55.5 cm³/mol. The van der Waals surface area contributed by atoms with E-state index in [1.165, 1.54) is 24.2 Å². The number of aryl methyl sites for hydroxylation is 1. The van der Waals surface area contributed by atoms with E-state index in [1.807, 2.05) is 0 Å². The predicted octanol–water partition coefficient (Wildman–Crippen LogP) is 2.01. The van der Waals surface area contributed by atoms with Crippen molar-refractivity contribution in [2.24, 2.45) is 5.92 Å². The van der Waals surface area contributed by atoms with Crippen molar-refractivity contribution in [2.45, 2.75) is 32.1 Å². The van der Waals surface area contributed by atoms with Crippen LogP contribution in [0.3, 0.4) is 0 Å². The van der Waals surface area contributed by atoms with Crippen LogP contribution in [0.5, 0.6) is 0 Å². The monoisotopic (exact) mass is 191 g/mol. The molecule has 2 aliphatic rings. The molecule has 1 aliphatic carbocycles. The van der Waals surface area contributed by atoms with Gasteiger partial charge in [0.2, 0.25) is 0 Å². The van der Waals surface area contributed by atoms with E-state index in [1.54, 1.807) is 0 Å². The number of furan rings is 1. The minimum Gasteiger partial charge on any atom is -0.465 e. The fourth-order valence-electron chi connectivity index (χ4n) is 3.21. The van der Waals surface area contributed by atoms with E-state index in [-0.39, 0.29) is 0 Å². The summed E-state index contributed by atoms with van der Waals surface area (Å²) in [5.74, 6) is 3.10. The summed E-state index contributed by atoms with van der Waals surface area (Å²) in [5, 5.41) is 3.48. The summed E-state index contributed by atoms with van der Waals surface area (Å²) in [6.45, 7) is 6.66. The Morgan fingerprint density at radius 3 is 3.14 bits per heavy atom. The van der Waals surface area contributed by atoms with Crippen LogP contribution in [0.15, 0.2) is 10.5 Å². The summed E-state index contributed by atoms with van der Waals surface area (Å²) >= 11 is 0. The van der Waals surface area contributed by atoms with E-state index in [2.05, 4.69) is 25.2 Å². The minimum absolute atomic E-state index is 0.323. The molecule has 0 saturated carbocycles. The van der Waals surface area contributed by atoms with Crippen LogP contribution in [0.2, 0.25) is 0 Å². The molecular formula is C12H17NO. The number of hydrogen-bond donors (Lipinski definition) is 1. The molecule has 1 saturated heterocycles. The van der Waals surface area contributed by atoms with Crippen LogP contribution in [-0.4, -0.2) is 13.1 Å². The second-order valence-electron chi connectivity index (χ2n) is 4.90. The molecule has 1 aliphatic heterocycles. The highest BCUT2D eigenvalue weighted by Gasteiger charge is 2.49. The SMILES string of the molecule is Cc1cc2c(o1)C1(CCNC1)C(C)C2. The summed E-state index contributed by atoms with van der Waals surface area (Å²) < 4.78 is 5.89. The maximum absolute atomic E-state index is 5.89. The van der Waals surface area contributed by atoms with Crippen LogP contribution < -0.4 is 5.32 Å². The van der Waals surface area contributed by atoms with Crippen molar-refractivity contribution < 1.29 is 4.42 Å². The van der Waals surface area contributed by atoms with Crippen LogP contribution in [0.1, 0.15) is 30.4 Å². The lowest BCUT2D eigenvalue weighted by Gasteiger charge is -2.26. The van der Waals surface area contributed by atoms with E-state index in [0.29, 0.717) is 5.41 Å². The van der Waals surface area contributed by atoms with Crippen LogP contribution in [0.4, 0.5) is 0 Å². The molecule has 1 aromatic rings. The van der Waals surface area contributed by atoms with Crippen molar-refractivity contribution in [2.75, 3.05) is 13.1 Å². The van der Waals surface area contributed by atoms with E-state index in [9.17, 15) is 0 Å². The second-order valence-corrected chi connectivity index (χ2v) is 4.90. The Balaban J connectivity index is 2.12. The lowest BCUT2D eigenvalue weighted by molar-refractivity contribution is 0.283. The molecule has 3 rings (SSSR count). The fourth-order valence-corrected chi connectivity index (χ4v) is 3.21. The Hall–Kier alpha value is -0.760.